The molecule has 1 aromatic rings. The Morgan fingerprint density at radius 2 is 1.22 bits per heavy atom. The van der Waals surface area contributed by atoms with Crippen molar-refractivity contribution in [3.63, 3.8) is 0 Å². The number of aryl methyl sites for hydroxylation is 1. The first-order chi connectivity index (χ1) is 23.5. The van der Waals surface area contributed by atoms with Gasteiger partial charge in [0.1, 0.15) is 5.78 Å². The summed E-state index contributed by atoms with van der Waals surface area (Å²) in [6.07, 6.45) is 10.5. The smallest absolute Gasteiger partial charge is 0.294 e. The second kappa shape index (κ2) is 17.7. The molecule has 12 nitrogen and oxygen atoms in total. The fraction of sp³-hybridized carbons (Fsp3) is 0.649. The number of Topliss-reactive ketones (excluding diaryl/α,β-unsaturated/α-hetero) is 1. The summed E-state index contributed by atoms with van der Waals surface area (Å²) in [6, 6.07) is 5.99. The topological polar surface area (TPSA) is 183 Å². The Kier molecular flexibility index (Phi) is 14.8. The molecule has 2 heterocycles. The van der Waals surface area contributed by atoms with Gasteiger partial charge in [0.2, 0.25) is 0 Å². The normalized spacial score (nSPS) is 27.2. The number of aliphatic hydroxyl groups excluding tert-OH is 2. The molecule has 0 radical (unpaired) electrons. The number of fused-ring (bicyclic) bond motifs is 3. The second-order valence-electron chi connectivity index (χ2n) is 13.7. The van der Waals surface area contributed by atoms with E-state index in [1.54, 1.807) is 18.2 Å². The van der Waals surface area contributed by atoms with Gasteiger partial charge in [-0.1, -0.05) is 42.7 Å². The van der Waals surface area contributed by atoms with Gasteiger partial charge in [0.25, 0.3) is 10.1 Å². The number of hydrogen-bond acceptors (Lipinski definition) is 11. The Hall–Kier alpha value is -2.62. The van der Waals surface area contributed by atoms with Crippen LogP contribution in [0.15, 0.2) is 52.5 Å². The molecule has 2 aliphatic heterocycles. The summed E-state index contributed by atoms with van der Waals surface area (Å²) in [5.41, 5.74) is 2.94. The summed E-state index contributed by atoms with van der Waals surface area (Å²) < 4.78 is 51.8. The molecule has 0 aromatic heterocycles. The number of ether oxygens (including phenoxy) is 4. The average Bonchev–Trinajstić information content (AvgIpc) is 3.87. The number of rotatable bonds is 3. The van der Waals surface area contributed by atoms with Crippen LogP contribution in [0.4, 0.5) is 0 Å². The number of ketones is 3. The van der Waals surface area contributed by atoms with E-state index in [4.69, 9.17) is 33.7 Å². The van der Waals surface area contributed by atoms with E-state index in [2.05, 4.69) is 13.8 Å². The quantitative estimate of drug-likeness (QED) is 0.362. The highest BCUT2D eigenvalue weighted by atomic mass is 32.2. The van der Waals surface area contributed by atoms with E-state index in [0.717, 1.165) is 62.9 Å². The zero-order valence-electron chi connectivity index (χ0n) is 30.0. The van der Waals surface area contributed by atoms with Crippen LogP contribution in [0.25, 0.3) is 0 Å². The van der Waals surface area contributed by atoms with Crippen LogP contribution in [0.1, 0.15) is 91.0 Å². The summed E-state index contributed by atoms with van der Waals surface area (Å²) in [5.74, 6) is 0.0930. The first-order valence-electron chi connectivity index (χ1n) is 17.3. The van der Waals surface area contributed by atoms with Crippen molar-refractivity contribution in [2.24, 2.45) is 10.8 Å². The molecule has 50 heavy (non-hydrogen) atoms. The SMILES string of the molecule is CCC1(C)OCCO1.C[C@]12CCC(=O)C=C1CCC21OCCO1.C[C@]12CCC(=O)C=C1CCC2=O.Cc1ccc(S(=O)(=O)O)cc1.OCCO. The van der Waals surface area contributed by atoms with Gasteiger partial charge in [-0.25, -0.2) is 0 Å². The maximum absolute atomic E-state index is 11.5. The highest BCUT2D eigenvalue weighted by Crippen LogP contribution is 2.58. The van der Waals surface area contributed by atoms with Crippen molar-refractivity contribution in [1.29, 1.82) is 0 Å². The molecule has 6 aliphatic rings. The zero-order valence-corrected chi connectivity index (χ0v) is 30.8. The molecule has 4 fully saturated rings. The molecule has 0 amide bonds. The Bertz CT molecular complexity index is 1500. The van der Waals surface area contributed by atoms with Crippen LogP contribution in [0.5, 0.6) is 0 Å². The number of carbonyl (C=O) groups is 3. The molecule has 0 bridgehead atoms. The van der Waals surface area contributed by atoms with Gasteiger partial charge in [-0.2, -0.15) is 8.42 Å². The molecular weight excluding hydrogens is 668 g/mol. The molecule has 3 N–H and O–H groups in total. The Labute approximate surface area is 296 Å². The van der Waals surface area contributed by atoms with Crippen molar-refractivity contribution in [2.45, 2.75) is 109 Å². The lowest BCUT2D eigenvalue weighted by Crippen LogP contribution is -2.45. The van der Waals surface area contributed by atoms with Gasteiger partial charge in [0, 0.05) is 36.5 Å². The number of allylic oxidation sites excluding steroid dienone is 3. The van der Waals surface area contributed by atoms with Crippen molar-refractivity contribution in [3.8, 4) is 0 Å². The second-order valence-corrected chi connectivity index (χ2v) is 15.2. The van der Waals surface area contributed by atoms with Crippen LogP contribution in [0.3, 0.4) is 0 Å². The minimum Gasteiger partial charge on any atom is -0.394 e. The monoisotopic (exact) mass is 722 g/mol. The molecule has 0 unspecified atom stereocenters. The lowest BCUT2D eigenvalue weighted by atomic mass is 9.72. The van der Waals surface area contributed by atoms with Crippen LogP contribution in [-0.2, 0) is 43.4 Å². The fourth-order valence-corrected chi connectivity index (χ4v) is 7.34. The van der Waals surface area contributed by atoms with Crippen LogP contribution in [0.2, 0.25) is 0 Å². The fourth-order valence-electron chi connectivity index (χ4n) is 6.86. The summed E-state index contributed by atoms with van der Waals surface area (Å²) in [7, 11) is -4.02. The number of carbonyl (C=O) groups excluding carboxylic acids is 3. The minimum atomic E-state index is -4.02. The molecule has 2 saturated heterocycles. The number of benzene rings is 1. The maximum Gasteiger partial charge on any atom is 0.294 e. The van der Waals surface area contributed by atoms with Crippen LogP contribution >= 0.6 is 0 Å². The predicted molar refractivity (Wildman–Crippen MR) is 185 cm³/mol. The molecule has 1 spiro atoms. The lowest BCUT2D eigenvalue weighted by Gasteiger charge is -2.41. The van der Waals surface area contributed by atoms with E-state index >= 15 is 0 Å². The molecule has 13 heteroatoms. The lowest BCUT2D eigenvalue weighted by molar-refractivity contribution is -0.211. The molecule has 7 rings (SSSR count). The molecule has 1 aromatic carbocycles. The number of aliphatic hydroxyl groups is 2. The standard InChI is InChI=1S/C12H16O3.C10H12O2.C7H8O3S.C6H12O2.C2H6O2/c1-11-4-3-10(13)8-9(11)2-5-12(11)14-6-7-15-12;1-10-5-4-8(11)6-7(10)2-3-9(10)12;1-6-2-4-7(5-3-6)11(8,9)10;1-3-6(2)7-4-5-8-6;3-1-2-4/h8H,2-7H2,1H3;6H,2-5H2,1H3;2-5H,1H3,(H,8,9,10);3-5H2,1-2H3;3-4H,1-2H2/t11-;10-;;;/m00.../s1. The third-order valence-electron chi connectivity index (χ3n) is 10.3. The van der Waals surface area contributed by atoms with E-state index in [1.807, 2.05) is 26.8 Å². The van der Waals surface area contributed by atoms with Gasteiger partial charge in [0.05, 0.1) is 44.5 Å². The Morgan fingerprint density at radius 1 is 0.700 bits per heavy atom. The first-order valence-corrected chi connectivity index (χ1v) is 18.7. The van der Waals surface area contributed by atoms with Gasteiger partial charge in [-0.3, -0.25) is 18.9 Å². The van der Waals surface area contributed by atoms with Crippen LogP contribution < -0.4 is 0 Å². The van der Waals surface area contributed by atoms with E-state index < -0.39 is 15.9 Å². The highest BCUT2D eigenvalue weighted by Gasteiger charge is 2.59. The maximum atomic E-state index is 11.5. The summed E-state index contributed by atoms with van der Waals surface area (Å²) in [6.45, 7) is 12.7. The third kappa shape index (κ3) is 10.3. The zero-order chi connectivity index (χ0) is 37.2. The van der Waals surface area contributed by atoms with E-state index in [9.17, 15) is 22.8 Å². The average molecular weight is 723 g/mol. The largest absolute Gasteiger partial charge is 0.394 e. The summed E-state index contributed by atoms with van der Waals surface area (Å²) in [5, 5.41) is 15.2. The van der Waals surface area contributed by atoms with Crippen molar-refractivity contribution in [3.05, 3.63) is 53.1 Å². The first kappa shape index (κ1) is 41.8. The summed E-state index contributed by atoms with van der Waals surface area (Å²) in [4.78, 5) is 33.9. The molecule has 280 valence electrons. The molecule has 2 atom stereocenters. The Balaban J connectivity index is 0.000000178. The van der Waals surface area contributed by atoms with Gasteiger partial charge < -0.3 is 29.2 Å². The highest BCUT2D eigenvalue weighted by molar-refractivity contribution is 7.85. The van der Waals surface area contributed by atoms with Crippen molar-refractivity contribution >= 4 is 27.5 Å². The van der Waals surface area contributed by atoms with E-state index in [-0.39, 0.29) is 46.3 Å². The molecular formula is C37H54O12S. The third-order valence-corrected chi connectivity index (χ3v) is 11.2. The predicted octanol–water partition coefficient (Wildman–Crippen LogP) is 4.84. The van der Waals surface area contributed by atoms with Gasteiger partial charge in [0.15, 0.2) is 23.1 Å². The summed E-state index contributed by atoms with van der Waals surface area (Å²) >= 11 is 0. The van der Waals surface area contributed by atoms with E-state index in [1.165, 1.54) is 17.7 Å². The van der Waals surface area contributed by atoms with Crippen LogP contribution in [-0.4, -0.2) is 91.7 Å². The van der Waals surface area contributed by atoms with Gasteiger partial charge in [-0.05, 0) is 77.2 Å². The molecule has 2 saturated carbocycles. The van der Waals surface area contributed by atoms with Crippen molar-refractivity contribution in [2.75, 3.05) is 39.6 Å². The van der Waals surface area contributed by atoms with Crippen LogP contribution in [0, 0.1) is 17.8 Å². The van der Waals surface area contributed by atoms with Crippen molar-refractivity contribution in [1.82, 2.24) is 0 Å². The van der Waals surface area contributed by atoms with Gasteiger partial charge >= 0.3 is 0 Å². The number of hydrogen-bond donors (Lipinski definition) is 3. The van der Waals surface area contributed by atoms with Gasteiger partial charge in [-0.15, -0.1) is 0 Å². The molecule has 4 aliphatic carbocycles. The minimum absolute atomic E-state index is 0.0581. The van der Waals surface area contributed by atoms with Crippen molar-refractivity contribution < 1.29 is 56.5 Å². The van der Waals surface area contributed by atoms with E-state index in [0.29, 0.717) is 38.3 Å². The Morgan fingerprint density at radius 3 is 1.72 bits per heavy atom.